The summed E-state index contributed by atoms with van der Waals surface area (Å²) < 4.78 is 11.2. The Morgan fingerprint density at radius 2 is 1.94 bits per heavy atom. The first kappa shape index (κ1) is 23.3. The van der Waals surface area contributed by atoms with Gasteiger partial charge in [0.25, 0.3) is 0 Å². The normalized spacial score (nSPS) is 20.2. The van der Waals surface area contributed by atoms with Crippen LogP contribution < -0.4 is 20.1 Å². The Hall–Kier alpha value is -2.90. The van der Waals surface area contributed by atoms with Gasteiger partial charge in [0.1, 0.15) is 18.1 Å². The Morgan fingerprint density at radius 3 is 2.67 bits per heavy atom. The lowest BCUT2D eigenvalue weighted by Gasteiger charge is -2.33. The Labute approximate surface area is 196 Å². The van der Waals surface area contributed by atoms with E-state index >= 15 is 0 Å². The standard InChI is InChI=1S/C26H34N4O3/c1-27-11-13-33-20-6-4-19(5-7-20)23-16-25(22-9-8-21(32-3)15-24(22)29-23)30-12-10-18(17-30)14-26(31)28-2/h4-9,15,18,25,27H,10-14,16-17H2,1-3H3,(H,28,31)/t18-,25?/m1/s1. The van der Waals surface area contributed by atoms with Crippen molar-refractivity contribution in [3.63, 3.8) is 0 Å². The topological polar surface area (TPSA) is 75.2 Å². The van der Waals surface area contributed by atoms with E-state index in [4.69, 9.17) is 14.5 Å². The second kappa shape index (κ2) is 10.8. The molecule has 2 aliphatic heterocycles. The van der Waals surface area contributed by atoms with Crippen LogP contribution in [0.3, 0.4) is 0 Å². The number of methoxy groups -OCH3 is 1. The lowest BCUT2D eigenvalue weighted by atomic mass is 9.91. The van der Waals surface area contributed by atoms with E-state index in [1.807, 2.05) is 31.3 Å². The van der Waals surface area contributed by atoms with Gasteiger partial charge in [-0.25, -0.2) is 0 Å². The highest BCUT2D eigenvalue weighted by Crippen LogP contribution is 2.42. The molecule has 2 atom stereocenters. The molecule has 2 heterocycles. The molecule has 0 radical (unpaired) electrons. The first-order valence-corrected chi connectivity index (χ1v) is 11.7. The van der Waals surface area contributed by atoms with Gasteiger partial charge >= 0.3 is 0 Å². The maximum atomic E-state index is 11.9. The first-order valence-electron chi connectivity index (χ1n) is 11.7. The number of likely N-dealkylation sites (N-methyl/N-ethyl adjacent to an activating group) is 1. The number of ether oxygens (including phenoxy) is 2. The van der Waals surface area contributed by atoms with Crippen LogP contribution in [-0.4, -0.2) is 64.0 Å². The molecule has 7 nitrogen and oxygen atoms in total. The van der Waals surface area contributed by atoms with Crippen LogP contribution in [0.4, 0.5) is 5.69 Å². The number of nitrogens with one attached hydrogen (secondary N) is 2. The molecule has 2 aliphatic rings. The highest BCUT2D eigenvalue weighted by atomic mass is 16.5. The third kappa shape index (κ3) is 5.54. The van der Waals surface area contributed by atoms with Gasteiger partial charge in [0, 0.05) is 45.1 Å². The van der Waals surface area contributed by atoms with Crippen molar-refractivity contribution in [1.82, 2.24) is 15.5 Å². The van der Waals surface area contributed by atoms with E-state index in [1.165, 1.54) is 5.56 Å². The van der Waals surface area contributed by atoms with E-state index in [-0.39, 0.29) is 11.9 Å². The zero-order valence-corrected chi connectivity index (χ0v) is 19.8. The monoisotopic (exact) mass is 450 g/mol. The van der Waals surface area contributed by atoms with Crippen LogP contribution in [-0.2, 0) is 4.79 Å². The zero-order valence-electron chi connectivity index (χ0n) is 19.8. The minimum absolute atomic E-state index is 0.120. The molecule has 33 heavy (non-hydrogen) atoms. The molecule has 1 amide bonds. The maximum absolute atomic E-state index is 11.9. The molecule has 1 unspecified atom stereocenters. The number of carbonyl (C=O) groups is 1. The number of amides is 1. The number of hydrogen-bond acceptors (Lipinski definition) is 6. The highest BCUT2D eigenvalue weighted by Gasteiger charge is 2.34. The van der Waals surface area contributed by atoms with Crippen molar-refractivity contribution in [2.75, 3.05) is 47.4 Å². The maximum Gasteiger partial charge on any atom is 0.220 e. The number of carbonyl (C=O) groups excluding carboxylic acids is 1. The highest BCUT2D eigenvalue weighted by molar-refractivity contribution is 6.04. The summed E-state index contributed by atoms with van der Waals surface area (Å²) in [5.41, 5.74) is 4.37. The van der Waals surface area contributed by atoms with E-state index in [1.54, 1.807) is 14.2 Å². The number of fused-ring (bicyclic) bond motifs is 1. The summed E-state index contributed by atoms with van der Waals surface area (Å²) in [5, 5.41) is 5.85. The SMILES string of the molecule is CNCCOc1ccc(C2=Nc3cc(OC)ccc3C(N3CC[C@H](CC(=O)NC)C3)C2)cc1. The summed E-state index contributed by atoms with van der Waals surface area (Å²) in [7, 11) is 5.31. The van der Waals surface area contributed by atoms with Crippen LogP contribution in [0.2, 0.25) is 0 Å². The summed E-state index contributed by atoms with van der Waals surface area (Å²) in [6, 6.07) is 14.6. The molecule has 0 spiro atoms. The Bertz CT molecular complexity index is 990. The van der Waals surface area contributed by atoms with Gasteiger partial charge in [-0.15, -0.1) is 0 Å². The Kier molecular flexibility index (Phi) is 7.62. The predicted molar refractivity (Wildman–Crippen MR) is 131 cm³/mol. The largest absolute Gasteiger partial charge is 0.497 e. The summed E-state index contributed by atoms with van der Waals surface area (Å²) in [6.07, 6.45) is 2.47. The molecule has 4 rings (SSSR count). The van der Waals surface area contributed by atoms with Crippen LogP contribution >= 0.6 is 0 Å². The van der Waals surface area contributed by atoms with Crippen molar-refractivity contribution in [1.29, 1.82) is 0 Å². The second-order valence-electron chi connectivity index (χ2n) is 8.71. The summed E-state index contributed by atoms with van der Waals surface area (Å²) in [5.74, 6) is 2.18. The lowest BCUT2D eigenvalue weighted by Crippen LogP contribution is -2.31. The Morgan fingerprint density at radius 1 is 1.15 bits per heavy atom. The fourth-order valence-corrected chi connectivity index (χ4v) is 4.71. The minimum Gasteiger partial charge on any atom is -0.497 e. The van der Waals surface area contributed by atoms with Crippen LogP contribution in [0.15, 0.2) is 47.5 Å². The summed E-state index contributed by atoms with van der Waals surface area (Å²) in [6.45, 7) is 3.36. The predicted octanol–water partition coefficient (Wildman–Crippen LogP) is 3.32. The average Bonchev–Trinajstić information content (AvgIpc) is 3.31. The molecule has 1 fully saturated rings. The second-order valence-corrected chi connectivity index (χ2v) is 8.71. The fourth-order valence-electron chi connectivity index (χ4n) is 4.71. The molecule has 176 valence electrons. The van der Waals surface area contributed by atoms with Crippen LogP contribution in [0.5, 0.6) is 11.5 Å². The third-order valence-electron chi connectivity index (χ3n) is 6.56. The molecule has 0 bridgehead atoms. The van der Waals surface area contributed by atoms with Crippen molar-refractivity contribution in [3.8, 4) is 11.5 Å². The number of benzene rings is 2. The van der Waals surface area contributed by atoms with Gasteiger partial charge in [0.15, 0.2) is 0 Å². The van der Waals surface area contributed by atoms with Crippen LogP contribution in [0.1, 0.15) is 36.4 Å². The molecule has 2 aromatic carbocycles. The molecule has 2 N–H and O–H groups in total. The summed E-state index contributed by atoms with van der Waals surface area (Å²) >= 11 is 0. The molecule has 0 aromatic heterocycles. The van der Waals surface area contributed by atoms with Gasteiger partial charge in [0.05, 0.1) is 18.5 Å². The van der Waals surface area contributed by atoms with Gasteiger partial charge in [0.2, 0.25) is 5.91 Å². The molecule has 2 aromatic rings. The first-order chi connectivity index (χ1) is 16.1. The lowest BCUT2D eigenvalue weighted by molar-refractivity contribution is -0.121. The fraction of sp³-hybridized carbons (Fsp3) is 0.462. The molecule has 7 heteroatoms. The van der Waals surface area contributed by atoms with Crippen molar-refractivity contribution >= 4 is 17.3 Å². The van der Waals surface area contributed by atoms with Gasteiger partial charge in [-0.1, -0.05) is 6.07 Å². The smallest absolute Gasteiger partial charge is 0.220 e. The van der Waals surface area contributed by atoms with Crippen molar-refractivity contribution in [2.45, 2.75) is 25.3 Å². The van der Waals surface area contributed by atoms with Crippen molar-refractivity contribution in [3.05, 3.63) is 53.6 Å². The van der Waals surface area contributed by atoms with E-state index in [9.17, 15) is 4.79 Å². The van der Waals surface area contributed by atoms with E-state index in [0.29, 0.717) is 18.9 Å². The molecule has 0 aliphatic carbocycles. The Balaban J connectivity index is 1.56. The van der Waals surface area contributed by atoms with E-state index in [2.05, 4.69) is 33.7 Å². The minimum atomic E-state index is 0.120. The van der Waals surface area contributed by atoms with Crippen molar-refractivity contribution < 1.29 is 14.3 Å². The van der Waals surface area contributed by atoms with E-state index < -0.39 is 0 Å². The molecule has 1 saturated heterocycles. The number of nitrogens with zero attached hydrogens (tertiary/aromatic N) is 2. The van der Waals surface area contributed by atoms with Gasteiger partial charge in [-0.2, -0.15) is 0 Å². The molecular weight excluding hydrogens is 416 g/mol. The molecular formula is C26H34N4O3. The van der Waals surface area contributed by atoms with Crippen LogP contribution in [0, 0.1) is 5.92 Å². The van der Waals surface area contributed by atoms with Gasteiger partial charge in [-0.05, 0) is 67.4 Å². The number of aliphatic imine (C=N–C) groups is 1. The number of hydrogen-bond donors (Lipinski definition) is 2. The van der Waals surface area contributed by atoms with Gasteiger partial charge < -0.3 is 20.1 Å². The van der Waals surface area contributed by atoms with Crippen molar-refractivity contribution in [2.24, 2.45) is 10.9 Å². The third-order valence-corrected chi connectivity index (χ3v) is 6.56. The van der Waals surface area contributed by atoms with E-state index in [0.717, 1.165) is 60.9 Å². The van der Waals surface area contributed by atoms with Gasteiger partial charge in [-0.3, -0.25) is 14.7 Å². The molecule has 0 saturated carbocycles. The van der Waals surface area contributed by atoms with Crippen LogP contribution in [0.25, 0.3) is 0 Å². The number of rotatable bonds is 9. The number of likely N-dealkylation sites (tertiary alicyclic amines) is 1. The average molecular weight is 451 g/mol. The quantitative estimate of drug-likeness (QED) is 0.574. The zero-order chi connectivity index (χ0) is 23.2. The summed E-state index contributed by atoms with van der Waals surface area (Å²) in [4.78, 5) is 19.4.